The Labute approximate surface area is 234 Å². The minimum absolute atomic E-state index is 0.369. The molecule has 0 aliphatic rings. The van der Waals surface area contributed by atoms with Gasteiger partial charge in [0.2, 0.25) is 0 Å². The molecule has 0 unspecified atom stereocenters. The summed E-state index contributed by atoms with van der Waals surface area (Å²) in [6, 6.07) is 49.9. The van der Waals surface area contributed by atoms with Crippen molar-refractivity contribution < 1.29 is 9.53 Å². The monoisotopic (exact) mass is 529 g/mol. The molecule has 5 aromatic rings. The number of benzene rings is 5. The van der Waals surface area contributed by atoms with E-state index in [4.69, 9.17) is 10.5 Å². The first-order chi connectivity index (χ1) is 19.2. The maximum atomic E-state index is 13.5. The maximum absolute atomic E-state index is 13.5. The summed E-state index contributed by atoms with van der Waals surface area (Å²) in [5.41, 5.74) is 11.8. The van der Waals surface area contributed by atoms with E-state index in [1.165, 1.54) is 0 Å². The van der Waals surface area contributed by atoms with E-state index in [9.17, 15) is 4.79 Å². The van der Waals surface area contributed by atoms with Crippen molar-refractivity contribution in [1.82, 2.24) is 0 Å². The van der Waals surface area contributed by atoms with E-state index in [0.717, 1.165) is 27.8 Å². The van der Waals surface area contributed by atoms with Crippen molar-refractivity contribution in [3.05, 3.63) is 179 Å². The van der Waals surface area contributed by atoms with Gasteiger partial charge in [0.25, 0.3) is 0 Å². The van der Waals surface area contributed by atoms with Gasteiger partial charge in [0.15, 0.2) is 6.10 Å². The standard InChI is InChI=1S/C35H31NO2S/c36-32(34(37)38-33(27-16-6-1-7-17-27)28-18-8-2-9-19-28)26-39-35(29-20-10-3-11-21-29,30-22-12-4-13-23-30)31-24-14-5-15-25-31/h1-25,32-33H,26,36H2/t32-/m1/s1. The van der Waals surface area contributed by atoms with Gasteiger partial charge >= 0.3 is 5.97 Å². The summed E-state index contributed by atoms with van der Waals surface area (Å²) in [4.78, 5) is 13.5. The molecular weight excluding hydrogens is 498 g/mol. The van der Waals surface area contributed by atoms with E-state index in [-0.39, 0.29) is 0 Å². The summed E-state index contributed by atoms with van der Waals surface area (Å²) < 4.78 is 5.53. The summed E-state index contributed by atoms with van der Waals surface area (Å²) in [7, 11) is 0. The first-order valence-corrected chi connectivity index (χ1v) is 14.0. The van der Waals surface area contributed by atoms with Gasteiger partial charge < -0.3 is 10.5 Å². The predicted molar refractivity (Wildman–Crippen MR) is 160 cm³/mol. The summed E-state index contributed by atoms with van der Waals surface area (Å²) >= 11 is 1.66. The van der Waals surface area contributed by atoms with Crippen LogP contribution in [0.2, 0.25) is 0 Å². The van der Waals surface area contributed by atoms with Crippen LogP contribution in [0.1, 0.15) is 33.9 Å². The zero-order valence-electron chi connectivity index (χ0n) is 21.6. The lowest BCUT2D eigenvalue weighted by atomic mass is 9.84. The molecule has 4 heteroatoms. The summed E-state index contributed by atoms with van der Waals surface area (Å²) in [5, 5.41) is 0. The minimum atomic E-state index is -0.819. The summed E-state index contributed by atoms with van der Waals surface area (Å²) in [5.74, 6) is -0.0586. The van der Waals surface area contributed by atoms with Gasteiger partial charge in [-0.25, -0.2) is 0 Å². The Morgan fingerprint density at radius 3 is 1.28 bits per heavy atom. The third-order valence-corrected chi connectivity index (χ3v) is 8.43. The molecule has 2 N–H and O–H groups in total. The highest BCUT2D eigenvalue weighted by Crippen LogP contribution is 2.48. The number of carbonyl (C=O) groups is 1. The van der Waals surface area contributed by atoms with Crippen LogP contribution in [0.25, 0.3) is 0 Å². The van der Waals surface area contributed by atoms with Crippen molar-refractivity contribution >= 4 is 17.7 Å². The molecule has 0 amide bonds. The number of esters is 1. The molecule has 0 heterocycles. The van der Waals surface area contributed by atoms with Crippen molar-refractivity contribution in [2.75, 3.05) is 5.75 Å². The highest BCUT2D eigenvalue weighted by molar-refractivity contribution is 8.00. The van der Waals surface area contributed by atoms with Crippen LogP contribution in [0.3, 0.4) is 0 Å². The van der Waals surface area contributed by atoms with Crippen molar-refractivity contribution in [2.24, 2.45) is 5.73 Å². The molecule has 194 valence electrons. The van der Waals surface area contributed by atoms with Gasteiger partial charge in [0.05, 0.1) is 4.75 Å². The van der Waals surface area contributed by atoms with Gasteiger partial charge in [0.1, 0.15) is 6.04 Å². The Balaban J connectivity index is 1.45. The molecule has 3 nitrogen and oxygen atoms in total. The van der Waals surface area contributed by atoms with Crippen LogP contribution in [-0.4, -0.2) is 17.8 Å². The third kappa shape index (κ3) is 5.98. The number of hydrogen-bond acceptors (Lipinski definition) is 4. The molecule has 1 atom stereocenters. The fraction of sp³-hybridized carbons (Fsp3) is 0.114. The molecule has 0 radical (unpaired) electrons. The second kappa shape index (κ2) is 12.6. The Morgan fingerprint density at radius 2 is 0.923 bits per heavy atom. The number of nitrogens with two attached hydrogens (primary N) is 1. The molecule has 5 aromatic carbocycles. The molecule has 0 spiro atoms. The predicted octanol–water partition coefficient (Wildman–Crippen LogP) is 7.37. The zero-order chi connectivity index (χ0) is 26.9. The Bertz CT molecular complexity index is 1310. The molecule has 5 rings (SSSR count). The fourth-order valence-corrected chi connectivity index (χ4v) is 6.31. The van der Waals surface area contributed by atoms with Crippen molar-refractivity contribution in [3.63, 3.8) is 0 Å². The van der Waals surface area contributed by atoms with Crippen molar-refractivity contribution in [1.29, 1.82) is 0 Å². The minimum Gasteiger partial charge on any atom is -0.451 e. The largest absolute Gasteiger partial charge is 0.451 e. The van der Waals surface area contributed by atoms with E-state index >= 15 is 0 Å². The SMILES string of the molecule is N[C@H](CSC(c1ccccc1)(c1ccccc1)c1ccccc1)C(=O)OC(c1ccccc1)c1ccccc1. The van der Waals surface area contributed by atoms with E-state index in [2.05, 4.69) is 72.8 Å². The highest BCUT2D eigenvalue weighted by atomic mass is 32.2. The van der Waals surface area contributed by atoms with Crippen LogP contribution in [0.5, 0.6) is 0 Å². The van der Waals surface area contributed by atoms with Crippen LogP contribution in [0, 0.1) is 0 Å². The molecule has 0 saturated heterocycles. The van der Waals surface area contributed by atoms with Gasteiger partial charge in [-0.1, -0.05) is 152 Å². The summed E-state index contributed by atoms with van der Waals surface area (Å²) in [6.45, 7) is 0. The fourth-order valence-electron chi connectivity index (χ4n) is 4.84. The molecule has 0 aromatic heterocycles. The molecular formula is C35H31NO2S. The average molecular weight is 530 g/mol. The number of carbonyl (C=O) groups excluding carboxylic acids is 1. The van der Waals surface area contributed by atoms with Crippen LogP contribution in [-0.2, 0) is 14.3 Å². The highest BCUT2D eigenvalue weighted by Gasteiger charge is 2.38. The van der Waals surface area contributed by atoms with Gasteiger partial charge in [-0.3, -0.25) is 4.79 Å². The Morgan fingerprint density at radius 1 is 0.590 bits per heavy atom. The Hall–Kier alpha value is -4.12. The van der Waals surface area contributed by atoms with Crippen molar-refractivity contribution in [3.8, 4) is 0 Å². The molecule has 0 aliphatic heterocycles. The number of rotatable bonds is 10. The van der Waals surface area contributed by atoms with Crippen LogP contribution in [0.4, 0.5) is 0 Å². The van der Waals surface area contributed by atoms with Crippen molar-refractivity contribution in [2.45, 2.75) is 16.9 Å². The molecule has 0 aliphatic carbocycles. The zero-order valence-corrected chi connectivity index (χ0v) is 22.4. The van der Waals surface area contributed by atoms with Gasteiger partial charge in [-0.2, -0.15) is 0 Å². The smallest absolute Gasteiger partial charge is 0.324 e. The van der Waals surface area contributed by atoms with Gasteiger partial charge in [-0.15, -0.1) is 11.8 Å². The van der Waals surface area contributed by atoms with Crippen LogP contribution < -0.4 is 5.73 Å². The first-order valence-electron chi connectivity index (χ1n) is 13.0. The third-order valence-electron chi connectivity index (χ3n) is 6.76. The second-order valence-corrected chi connectivity index (χ2v) is 10.6. The molecule has 39 heavy (non-hydrogen) atoms. The van der Waals surface area contributed by atoms with Crippen LogP contribution in [0.15, 0.2) is 152 Å². The molecule has 0 bridgehead atoms. The van der Waals surface area contributed by atoms with Gasteiger partial charge in [-0.05, 0) is 27.8 Å². The topological polar surface area (TPSA) is 52.3 Å². The first kappa shape index (κ1) is 26.5. The molecule has 0 saturated carbocycles. The Kier molecular flexibility index (Phi) is 8.57. The van der Waals surface area contributed by atoms with Gasteiger partial charge in [0, 0.05) is 5.75 Å². The van der Waals surface area contributed by atoms with E-state index < -0.39 is 22.9 Å². The lowest BCUT2D eigenvalue weighted by molar-refractivity contribution is -0.148. The van der Waals surface area contributed by atoms with Crippen LogP contribution >= 0.6 is 11.8 Å². The summed E-state index contributed by atoms with van der Waals surface area (Å²) in [6.07, 6.45) is -0.530. The number of ether oxygens (including phenoxy) is 1. The normalized spacial score (nSPS) is 12.2. The molecule has 0 fully saturated rings. The quantitative estimate of drug-likeness (QED) is 0.152. The lowest BCUT2D eigenvalue weighted by Gasteiger charge is -2.36. The number of hydrogen-bond donors (Lipinski definition) is 1. The lowest BCUT2D eigenvalue weighted by Crippen LogP contribution is -2.38. The second-order valence-electron chi connectivity index (χ2n) is 9.34. The maximum Gasteiger partial charge on any atom is 0.324 e. The average Bonchev–Trinajstić information content (AvgIpc) is 3.02. The van der Waals surface area contributed by atoms with E-state index in [1.807, 2.05) is 78.9 Å². The van der Waals surface area contributed by atoms with E-state index in [1.54, 1.807) is 11.8 Å². The van der Waals surface area contributed by atoms with E-state index in [0.29, 0.717) is 5.75 Å². The number of thioether (sulfide) groups is 1.